The lowest BCUT2D eigenvalue weighted by Crippen LogP contribution is -2.13. The summed E-state index contributed by atoms with van der Waals surface area (Å²) in [6, 6.07) is 11.6. The van der Waals surface area contributed by atoms with E-state index in [1.165, 1.54) is 0 Å². The highest BCUT2D eigenvalue weighted by molar-refractivity contribution is 6.10. The zero-order valence-electron chi connectivity index (χ0n) is 12.6. The predicted molar refractivity (Wildman–Crippen MR) is 88.5 cm³/mol. The van der Waals surface area contributed by atoms with E-state index in [0.717, 1.165) is 29.0 Å². The van der Waals surface area contributed by atoms with Crippen molar-refractivity contribution in [3.63, 3.8) is 0 Å². The Kier molecular flexibility index (Phi) is 3.78. The Morgan fingerprint density at radius 2 is 2.09 bits per heavy atom. The molecular weight excluding hydrogens is 276 g/mol. The van der Waals surface area contributed by atoms with Crippen LogP contribution in [0.2, 0.25) is 0 Å². The highest BCUT2D eigenvalue weighted by Crippen LogP contribution is 2.24. The Morgan fingerprint density at radius 3 is 2.91 bits per heavy atom. The summed E-state index contributed by atoms with van der Waals surface area (Å²) in [5.41, 5.74) is 4.19. The fourth-order valence-corrected chi connectivity index (χ4v) is 2.40. The van der Waals surface area contributed by atoms with E-state index in [2.05, 4.69) is 15.7 Å². The van der Waals surface area contributed by atoms with E-state index in [-0.39, 0.29) is 5.91 Å². The topological polar surface area (TPSA) is 58.4 Å². The number of nitrogens with zero attached hydrogens (tertiary/aromatic N) is 2. The molecule has 0 aliphatic rings. The van der Waals surface area contributed by atoms with Crippen LogP contribution in [0.15, 0.2) is 48.8 Å². The molecule has 0 bridgehead atoms. The minimum Gasteiger partial charge on any atom is -0.384 e. The number of benzene rings is 1. The lowest BCUT2D eigenvalue weighted by Gasteiger charge is -2.12. The number of amides is 1. The van der Waals surface area contributed by atoms with Gasteiger partial charge in [-0.1, -0.05) is 12.1 Å². The van der Waals surface area contributed by atoms with Crippen LogP contribution < -0.4 is 10.6 Å². The number of carbonyl (C=O) groups is 1. The summed E-state index contributed by atoms with van der Waals surface area (Å²) in [6.45, 7) is 4.85. The number of aromatic nitrogens is 2. The molecular formula is C17H18N4O. The van der Waals surface area contributed by atoms with Crippen LogP contribution in [0.1, 0.15) is 22.8 Å². The average Bonchev–Trinajstić information content (AvgIpc) is 2.94. The van der Waals surface area contributed by atoms with Crippen LogP contribution in [0.5, 0.6) is 0 Å². The molecule has 3 rings (SSSR count). The van der Waals surface area contributed by atoms with Crippen molar-refractivity contribution >= 4 is 22.8 Å². The number of rotatable bonds is 4. The van der Waals surface area contributed by atoms with Gasteiger partial charge < -0.3 is 10.6 Å². The molecule has 2 N–H and O–H groups in total. The number of anilines is 2. The van der Waals surface area contributed by atoms with Crippen LogP contribution in [0.4, 0.5) is 11.4 Å². The molecule has 0 atom stereocenters. The smallest absolute Gasteiger partial charge is 0.259 e. The highest BCUT2D eigenvalue weighted by atomic mass is 16.1. The van der Waals surface area contributed by atoms with E-state index in [1.54, 1.807) is 10.7 Å². The molecule has 5 nitrogen and oxygen atoms in total. The molecule has 3 aromatic rings. The second-order valence-electron chi connectivity index (χ2n) is 5.12. The van der Waals surface area contributed by atoms with Crippen LogP contribution in [0, 0.1) is 6.92 Å². The minimum atomic E-state index is -0.163. The maximum Gasteiger partial charge on any atom is 0.259 e. The lowest BCUT2D eigenvalue weighted by molar-refractivity contribution is 0.102. The van der Waals surface area contributed by atoms with E-state index in [4.69, 9.17) is 0 Å². The monoisotopic (exact) mass is 294 g/mol. The SMILES string of the molecule is CCNc1cc(C)ccc1NC(=O)c1cnn2ccccc12. The first-order valence-corrected chi connectivity index (χ1v) is 7.27. The van der Waals surface area contributed by atoms with Gasteiger partial charge in [0.1, 0.15) is 0 Å². The zero-order valence-corrected chi connectivity index (χ0v) is 12.6. The van der Waals surface area contributed by atoms with Gasteiger partial charge in [-0.3, -0.25) is 4.79 Å². The van der Waals surface area contributed by atoms with Crippen molar-refractivity contribution in [1.29, 1.82) is 0 Å². The first kappa shape index (κ1) is 14.1. The molecule has 0 saturated carbocycles. The molecule has 1 amide bonds. The quantitative estimate of drug-likeness (QED) is 0.776. The van der Waals surface area contributed by atoms with Gasteiger partial charge in [0.2, 0.25) is 0 Å². The van der Waals surface area contributed by atoms with Gasteiger partial charge in [-0.05, 0) is 43.7 Å². The summed E-state index contributed by atoms with van der Waals surface area (Å²) in [4.78, 5) is 12.5. The normalized spacial score (nSPS) is 10.6. The Balaban J connectivity index is 1.91. The van der Waals surface area contributed by atoms with Crippen molar-refractivity contribution in [2.45, 2.75) is 13.8 Å². The summed E-state index contributed by atoms with van der Waals surface area (Å²) in [7, 11) is 0. The van der Waals surface area contributed by atoms with Crippen LogP contribution in [-0.2, 0) is 0 Å². The van der Waals surface area contributed by atoms with Crippen molar-refractivity contribution in [2.75, 3.05) is 17.2 Å². The van der Waals surface area contributed by atoms with E-state index in [9.17, 15) is 4.79 Å². The summed E-state index contributed by atoms with van der Waals surface area (Å²) in [6.07, 6.45) is 3.41. The van der Waals surface area contributed by atoms with Crippen LogP contribution in [0.25, 0.3) is 5.52 Å². The average molecular weight is 294 g/mol. The number of hydrogen-bond acceptors (Lipinski definition) is 3. The number of fused-ring (bicyclic) bond motifs is 1. The minimum absolute atomic E-state index is 0.163. The van der Waals surface area contributed by atoms with Gasteiger partial charge in [0.15, 0.2) is 0 Å². The molecule has 0 radical (unpaired) electrons. The maximum absolute atomic E-state index is 12.5. The summed E-state index contributed by atoms with van der Waals surface area (Å²) in [5, 5.41) is 10.4. The fraction of sp³-hybridized carbons (Fsp3) is 0.176. The Bertz CT molecular complexity index is 822. The van der Waals surface area contributed by atoms with Gasteiger partial charge in [-0.2, -0.15) is 5.10 Å². The molecule has 0 aliphatic carbocycles. The molecule has 1 aromatic carbocycles. The molecule has 0 spiro atoms. The maximum atomic E-state index is 12.5. The highest BCUT2D eigenvalue weighted by Gasteiger charge is 2.14. The largest absolute Gasteiger partial charge is 0.384 e. The number of hydrogen-bond donors (Lipinski definition) is 2. The van der Waals surface area contributed by atoms with Gasteiger partial charge in [0, 0.05) is 12.7 Å². The van der Waals surface area contributed by atoms with E-state index < -0.39 is 0 Å². The number of aryl methyl sites for hydroxylation is 1. The van der Waals surface area contributed by atoms with Gasteiger partial charge in [-0.25, -0.2) is 4.52 Å². The molecule has 0 fully saturated rings. The Morgan fingerprint density at radius 1 is 1.23 bits per heavy atom. The molecule has 0 aliphatic heterocycles. The number of nitrogens with one attached hydrogen (secondary N) is 2. The third-order valence-electron chi connectivity index (χ3n) is 3.46. The first-order valence-electron chi connectivity index (χ1n) is 7.27. The number of carbonyl (C=O) groups excluding carboxylic acids is 1. The van der Waals surface area contributed by atoms with Crippen molar-refractivity contribution in [2.24, 2.45) is 0 Å². The lowest BCUT2D eigenvalue weighted by atomic mass is 10.1. The Hall–Kier alpha value is -2.82. The molecule has 5 heteroatoms. The van der Waals surface area contributed by atoms with Crippen LogP contribution in [-0.4, -0.2) is 22.1 Å². The van der Waals surface area contributed by atoms with Gasteiger partial charge >= 0.3 is 0 Å². The Labute approximate surface area is 129 Å². The van der Waals surface area contributed by atoms with Crippen molar-refractivity contribution < 1.29 is 4.79 Å². The second-order valence-corrected chi connectivity index (χ2v) is 5.12. The number of pyridine rings is 1. The van der Waals surface area contributed by atoms with E-state index >= 15 is 0 Å². The predicted octanol–water partition coefficient (Wildman–Crippen LogP) is 3.33. The van der Waals surface area contributed by atoms with E-state index in [1.807, 2.05) is 56.4 Å². The summed E-state index contributed by atoms with van der Waals surface area (Å²) >= 11 is 0. The second kappa shape index (κ2) is 5.89. The third kappa shape index (κ3) is 2.65. The molecule has 112 valence electrons. The van der Waals surface area contributed by atoms with Crippen LogP contribution in [0.3, 0.4) is 0 Å². The molecule has 2 heterocycles. The summed E-state index contributed by atoms with van der Waals surface area (Å²) in [5.74, 6) is -0.163. The molecule has 0 saturated heterocycles. The zero-order chi connectivity index (χ0) is 15.5. The third-order valence-corrected chi connectivity index (χ3v) is 3.46. The fourth-order valence-electron chi connectivity index (χ4n) is 2.40. The van der Waals surface area contributed by atoms with Crippen molar-refractivity contribution in [3.05, 3.63) is 59.9 Å². The van der Waals surface area contributed by atoms with Crippen molar-refractivity contribution in [3.8, 4) is 0 Å². The van der Waals surface area contributed by atoms with E-state index in [0.29, 0.717) is 5.56 Å². The van der Waals surface area contributed by atoms with Gasteiger partial charge in [-0.15, -0.1) is 0 Å². The summed E-state index contributed by atoms with van der Waals surface area (Å²) < 4.78 is 1.69. The molecule has 22 heavy (non-hydrogen) atoms. The van der Waals surface area contributed by atoms with Crippen LogP contribution >= 0.6 is 0 Å². The van der Waals surface area contributed by atoms with Gasteiger partial charge in [0.25, 0.3) is 5.91 Å². The first-order chi connectivity index (χ1) is 10.7. The van der Waals surface area contributed by atoms with Gasteiger partial charge in [0.05, 0.1) is 28.7 Å². The molecule has 0 unspecified atom stereocenters. The standard InChI is InChI=1S/C17H18N4O/c1-3-18-15-10-12(2)7-8-14(15)20-17(22)13-11-19-21-9-5-4-6-16(13)21/h4-11,18H,3H2,1-2H3,(H,20,22). The molecule has 2 aromatic heterocycles. The van der Waals surface area contributed by atoms with Crippen molar-refractivity contribution in [1.82, 2.24) is 9.61 Å².